The average Bonchev–Trinajstić information content (AvgIpc) is 2.58. The van der Waals surface area contributed by atoms with Gasteiger partial charge in [0.05, 0.1) is 0 Å². The molecule has 0 bridgehead atoms. The highest BCUT2D eigenvalue weighted by Crippen LogP contribution is 2.34. The van der Waals surface area contributed by atoms with Gasteiger partial charge >= 0.3 is 0 Å². The van der Waals surface area contributed by atoms with Crippen molar-refractivity contribution in [2.75, 3.05) is 0 Å². The van der Waals surface area contributed by atoms with E-state index in [1.165, 1.54) is 10.9 Å². The van der Waals surface area contributed by atoms with Crippen LogP contribution in [0.3, 0.4) is 0 Å². The van der Waals surface area contributed by atoms with Crippen LogP contribution in [0, 0.1) is 5.41 Å². The van der Waals surface area contributed by atoms with Crippen LogP contribution in [0.15, 0.2) is 30.5 Å². The standard InChI is InChI=1S/C13H18N2/c1-13(2,3)12(14)10-8-15-11-7-5-4-6-9(10)11/h4-8,12,15H,14H2,1-3H3. The Morgan fingerprint density at radius 3 is 2.53 bits per heavy atom. The van der Waals surface area contributed by atoms with E-state index in [0.717, 1.165) is 5.52 Å². The molecule has 1 aromatic heterocycles. The van der Waals surface area contributed by atoms with Crippen molar-refractivity contribution in [2.45, 2.75) is 26.8 Å². The fourth-order valence-corrected chi connectivity index (χ4v) is 1.82. The first-order chi connectivity index (χ1) is 7.00. The van der Waals surface area contributed by atoms with E-state index in [4.69, 9.17) is 5.73 Å². The molecule has 1 atom stereocenters. The Bertz CT molecular complexity index is 463. The number of aromatic nitrogens is 1. The molecule has 2 aromatic rings. The zero-order valence-corrected chi connectivity index (χ0v) is 9.54. The number of para-hydroxylation sites is 1. The highest BCUT2D eigenvalue weighted by molar-refractivity contribution is 5.83. The van der Waals surface area contributed by atoms with Crippen molar-refractivity contribution in [2.24, 2.45) is 11.1 Å². The zero-order chi connectivity index (χ0) is 11.1. The van der Waals surface area contributed by atoms with Crippen LogP contribution in [0.4, 0.5) is 0 Å². The summed E-state index contributed by atoms with van der Waals surface area (Å²) in [4.78, 5) is 3.26. The Hall–Kier alpha value is -1.28. The molecule has 0 spiro atoms. The molecule has 2 rings (SSSR count). The smallest absolute Gasteiger partial charge is 0.0457 e. The molecule has 15 heavy (non-hydrogen) atoms. The second kappa shape index (κ2) is 3.38. The Balaban J connectivity index is 2.53. The van der Waals surface area contributed by atoms with Crippen molar-refractivity contribution in [1.29, 1.82) is 0 Å². The van der Waals surface area contributed by atoms with Crippen LogP contribution < -0.4 is 5.73 Å². The number of fused-ring (bicyclic) bond motifs is 1. The molecule has 0 saturated carbocycles. The van der Waals surface area contributed by atoms with Gasteiger partial charge in [0.15, 0.2) is 0 Å². The molecule has 0 fully saturated rings. The van der Waals surface area contributed by atoms with Gasteiger partial charge in [-0.1, -0.05) is 39.0 Å². The lowest BCUT2D eigenvalue weighted by atomic mass is 9.83. The Kier molecular flexibility index (Phi) is 2.31. The summed E-state index contributed by atoms with van der Waals surface area (Å²) in [5, 5.41) is 1.24. The first kappa shape index (κ1) is 10.2. The highest BCUT2D eigenvalue weighted by atomic mass is 14.7. The fourth-order valence-electron chi connectivity index (χ4n) is 1.82. The molecule has 0 aliphatic carbocycles. The third-order valence-corrected chi connectivity index (χ3v) is 2.89. The predicted octanol–water partition coefficient (Wildman–Crippen LogP) is 3.21. The quantitative estimate of drug-likeness (QED) is 0.732. The molecule has 80 valence electrons. The maximum Gasteiger partial charge on any atom is 0.0457 e. The highest BCUT2D eigenvalue weighted by Gasteiger charge is 2.24. The van der Waals surface area contributed by atoms with E-state index >= 15 is 0 Å². The van der Waals surface area contributed by atoms with Crippen LogP contribution in [-0.2, 0) is 0 Å². The molecule has 0 saturated heterocycles. The van der Waals surface area contributed by atoms with E-state index in [1.807, 2.05) is 12.3 Å². The number of benzene rings is 1. The summed E-state index contributed by atoms with van der Waals surface area (Å²) >= 11 is 0. The van der Waals surface area contributed by atoms with Crippen molar-refractivity contribution in [3.8, 4) is 0 Å². The van der Waals surface area contributed by atoms with Gasteiger partial charge in [-0.05, 0) is 17.0 Å². The molecule has 1 heterocycles. The van der Waals surface area contributed by atoms with Gasteiger partial charge in [-0.25, -0.2) is 0 Å². The zero-order valence-electron chi connectivity index (χ0n) is 9.54. The largest absolute Gasteiger partial charge is 0.361 e. The average molecular weight is 202 g/mol. The molecule has 0 aliphatic heterocycles. The van der Waals surface area contributed by atoms with E-state index in [1.54, 1.807) is 0 Å². The maximum absolute atomic E-state index is 6.26. The molecular weight excluding hydrogens is 184 g/mol. The van der Waals surface area contributed by atoms with Gasteiger partial charge in [0.1, 0.15) is 0 Å². The van der Waals surface area contributed by atoms with Crippen LogP contribution in [0.25, 0.3) is 10.9 Å². The number of hydrogen-bond acceptors (Lipinski definition) is 1. The van der Waals surface area contributed by atoms with Crippen LogP contribution in [-0.4, -0.2) is 4.98 Å². The summed E-state index contributed by atoms with van der Waals surface area (Å²) in [5.74, 6) is 0. The minimum absolute atomic E-state index is 0.0636. The number of nitrogens with one attached hydrogen (secondary N) is 1. The van der Waals surface area contributed by atoms with Crippen molar-refractivity contribution in [1.82, 2.24) is 4.98 Å². The molecule has 0 aliphatic rings. The third kappa shape index (κ3) is 1.77. The molecule has 2 nitrogen and oxygen atoms in total. The fraction of sp³-hybridized carbons (Fsp3) is 0.385. The Morgan fingerprint density at radius 2 is 1.87 bits per heavy atom. The number of nitrogens with two attached hydrogens (primary N) is 1. The van der Waals surface area contributed by atoms with Crippen molar-refractivity contribution in [3.05, 3.63) is 36.0 Å². The number of H-pyrrole nitrogens is 1. The minimum Gasteiger partial charge on any atom is -0.361 e. The second-order valence-corrected chi connectivity index (χ2v) is 5.13. The molecular formula is C13H18N2. The first-order valence-corrected chi connectivity index (χ1v) is 5.32. The maximum atomic E-state index is 6.26. The summed E-state index contributed by atoms with van der Waals surface area (Å²) in [6, 6.07) is 8.34. The first-order valence-electron chi connectivity index (χ1n) is 5.32. The van der Waals surface area contributed by atoms with Crippen LogP contribution in [0.2, 0.25) is 0 Å². The van der Waals surface area contributed by atoms with Crippen LogP contribution in [0.5, 0.6) is 0 Å². The lowest BCUT2D eigenvalue weighted by Crippen LogP contribution is -2.25. The van der Waals surface area contributed by atoms with Gasteiger partial charge in [0.2, 0.25) is 0 Å². The minimum atomic E-state index is 0.0636. The van der Waals surface area contributed by atoms with E-state index in [-0.39, 0.29) is 11.5 Å². The van der Waals surface area contributed by atoms with Crippen molar-refractivity contribution >= 4 is 10.9 Å². The number of hydrogen-bond donors (Lipinski definition) is 2. The van der Waals surface area contributed by atoms with E-state index < -0.39 is 0 Å². The molecule has 0 radical (unpaired) electrons. The van der Waals surface area contributed by atoms with Crippen LogP contribution in [0.1, 0.15) is 32.4 Å². The molecule has 1 unspecified atom stereocenters. The third-order valence-electron chi connectivity index (χ3n) is 2.89. The monoisotopic (exact) mass is 202 g/mol. The Morgan fingerprint density at radius 1 is 1.20 bits per heavy atom. The predicted molar refractivity (Wildman–Crippen MR) is 64.7 cm³/mol. The number of rotatable bonds is 1. The normalized spacial score (nSPS) is 14.4. The number of aromatic amines is 1. The summed E-state index contributed by atoms with van der Waals surface area (Å²) in [6.45, 7) is 6.50. The van der Waals surface area contributed by atoms with Gasteiger partial charge < -0.3 is 10.7 Å². The van der Waals surface area contributed by atoms with E-state index in [9.17, 15) is 0 Å². The van der Waals surface area contributed by atoms with E-state index in [0.29, 0.717) is 0 Å². The molecule has 2 heteroatoms. The van der Waals surface area contributed by atoms with Crippen LogP contribution >= 0.6 is 0 Å². The summed E-state index contributed by atoms with van der Waals surface area (Å²) in [7, 11) is 0. The summed E-state index contributed by atoms with van der Waals surface area (Å²) in [6.07, 6.45) is 2.03. The van der Waals surface area contributed by atoms with Gasteiger partial charge in [0, 0.05) is 23.1 Å². The lowest BCUT2D eigenvalue weighted by Gasteiger charge is -2.26. The molecule has 0 amide bonds. The second-order valence-electron chi connectivity index (χ2n) is 5.13. The van der Waals surface area contributed by atoms with E-state index in [2.05, 4.69) is 44.0 Å². The van der Waals surface area contributed by atoms with Gasteiger partial charge in [-0.15, -0.1) is 0 Å². The lowest BCUT2D eigenvalue weighted by molar-refractivity contribution is 0.328. The Labute approximate surface area is 90.5 Å². The van der Waals surface area contributed by atoms with Crippen molar-refractivity contribution < 1.29 is 0 Å². The topological polar surface area (TPSA) is 41.8 Å². The van der Waals surface area contributed by atoms with Gasteiger partial charge in [-0.3, -0.25) is 0 Å². The van der Waals surface area contributed by atoms with Crippen molar-refractivity contribution in [3.63, 3.8) is 0 Å². The summed E-state index contributed by atoms with van der Waals surface area (Å²) < 4.78 is 0. The molecule has 1 aromatic carbocycles. The SMILES string of the molecule is CC(C)(C)C(N)c1c[nH]c2ccccc12. The van der Waals surface area contributed by atoms with Gasteiger partial charge in [-0.2, -0.15) is 0 Å². The van der Waals surface area contributed by atoms with Gasteiger partial charge in [0.25, 0.3) is 0 Å². The summed E-state index contributed by atoms with van der Waals surface area (Å²) in [5.41, 5.74) is 8.72. The molecule has 3 N–H and O–H groups in total.